The molecule has 5 heteroatoms. The van der Waals surface area contributed by atoms with Crippen molar-refractivity contribution in [3.8, 4) is 5.75 Å². The molecule has 3 nitrogen and oxygen atoms in total. The van der Waals surface area contributed by atoms with Crippen LogP contribution in [0.4, 0.5) is 0 Å². The molecule has 1 N–H and O–H groups in total. The SMILES string of the molecule is Cc1cccc2[nH]c(COc3ccc(Cl)cc3Cl)nc12. The number of aromatic amines is 1. The summed E-state index contributed by atoms with van der Waals surface area (Å²) >= 11 is 11.9. The average Bonchev–Trinajstić information content (AvgIpc) is 2.82. The van der Waals surface area contributed by atoms with Gasteiger partial charge in [-0.2, -0.15) is 0 Å². The minimum absolute atomic E-state index is 0.329. The van der Waals surface area contributed by atoms with Crippen molar-refractivity contribution in [3.05, 3.63) is 57.8 Å². The Morgan fingerprint density at radius 2 is 2.05 bits per heavy atom. The molecule has 3 rings (SSSR count). The first-order valence-electron chi connectivity index (χ1n) is 6.15. The van der Waals surface area contributed by atoms with E-state index >= 15 is 0 Å². The van der Waals surface area contributed by atoms with Gasteiger partial charge in [0.15, 0.2) is 0 Å². The largest absolute Gasteiger partial charge is 0.484 e. The summed E-state index contributed by atoms with van der Waals surface area (Å²) in [5.74, 6) is 1.36. The minimum Gasteiger partial charge on any atom is -0.484 e. The summed E-state index contributed by atoms with van der Waals surface area (Å²) in [7, 11) is 0. The standard InChI is InChI=1S/C15H12Cl2N2O/c1-9-3-2-4-12-15(9)19-14(18-12)8-20-13-6-5-10(16)7-11(13)17/h2-7H,8H2,1H3,(H,18,19). The Bertz CT molecular complexity index is 768. The molecule has 0 aliphatic heterocycles. The van der Waals surface area contributed by atoms with Crippen LogP contribution in [0.2, 0.25) is 10.0 Å². The fourth-order valence-electron chi connectivity index (χ4n) is 2.03. The number of aryl methyl sites for hydroxylation is 1. The van der Waals surface area contributed by atoms with Crippen molar-refractivity contribution in [2.45, 2.75) is 13.5 Å². The summed E-state index contributed by atoms with van der Waals surface area (Å²) in [5, 5.41) is 1.08. The van der Waals surface area contributed by atoms with Gasteiger partial charge in [-0.15, -0.1) is 0 Å². The van der Waals surface area contributed by atoms with Crippen LogP contribution in [0.3, 0.4) is 0 Å². The fourth-order valence-corrected chi connectivity index (χ4v) is 2.50. The number of H-pyrrole nitrogens is 1. The molecule has 0 aliphatic rings. The monoisotopic (exact) mass is 306 g/mol. The van der Waals surface area contributed by atoms with Crippen LogP contribution in [-0.2, 0) is 6.61 Å². The molecule has 3 aromatic rings. The second-order valence-corrected chi connectivity index (χ2v) is 5.36. The molecular weight excluding hydrogens is 295 g/mol. The van der Waals surface area contributed by atoms with Crippen molar-refractivity contribution in [2.75, 3.05) is 0 Å². The molecule has 0 fully saturated rings. The minimum atomic E-state index is 0.329. The van der Waals surface area contributed by atoms with Crippen molar-refractivity contribution >= 4 is 34.2 Å². The Kier molecular flexibility index (Phi) is 3.55. The number of aromatic nitrogens is 2. The lowest BCUT2D eigenvalue weighted by atomic mass is 10.2. The smallest absolute Gasteiger partial charge is 0.146 e. The van der Waals surface area contributed by atoms with E-state index in [0.29, 0.717) is 22.4 Å². The van der Waals surface area contributed by atoms with E-state index in [1.54, 1.807) is 18.2 Å². The third-order valence-electron chi connectivity index (χ3n) is 3.02. The maximum absolute atomic E-state index is 6.06. The summed E-state index contributed by atoms with van der Waals surface area (Å²) in [4.78, 5) is 7.76. The Morgan fingerprint density at radius 3 is 2.80 bits per heavy atom. The number of rotatable bonds is 3. The Hall–Kier alpha value is -1.71. The van der Waals surface area contributed by atoms with Gasteiger partial charge in [0, 0.05) is 5.02 Å². The zero-order valence-electron chi connectivity index (χ0n) is 10.8. The third kappa shape index (κ3) is 2.60. The quantitative estimate of drug-likeness (QED) is 0.757. The summed E-state index contributed by atoms with van der Waals surface area (Å²) in [6.07, 6.45) is 0. The van der Waals surface area contributed by atoms with Crippen LogP contribution < -0.4 is 4.74 Å². The number of halogens is 2. The van der Waals surface area contributed by atoms with Crippen molar-refractivity contribution in [1.29, 1.82) is 0 Å². The van der Waals surface area contributed by atoms with E-state index in [0.717, 1.165) is 22.4 Å². The van der Waals surface area contributed by atoms with E-state index in [-0.39, 0.29) is 0 Å². The van der Waals surface area contributed by atoms with Crippen LogP contribution in [0.15, 0.2) is 36.4 Å². The molecular formula is C15H12Cl2N2O. The van der Waals surface area contributed by atoms with Gasteiger partial charge in [0.2, 0.25) is 0 Å². The van der Waals surface area contributed by atoms with E-state index in [1.165, 1.54) is 0 Å². The molecule has 0 amide bonds. The summed E-state index contributed by atoms with van der Waals surface area (Å²) in [5.41, 5.74) is 3.11. The highest BCUT2D eigenvalue weighted by Gasteiger charge is 2.07. The molecule has 0 radical (unpaired) electrons. The van der Waals surface area contributed by atoms with Crippen molar-refractivity contribution < 1.29 is 4.74 Å². The van der Waals surface area contributed by atoms with Gasteiger partial charge in [0.25, 0.3) is 0 Å². The Morgan fingerprint density at radius 1 is 1.20 bits per heavy atom. The first kappa shape index (κ1) is 13.3. The molecule has 0 saturated heterocycles. The molecule has 1 heterocycles. The third-order valence-corrected chi connectivity index (χ3v) is 3.55. The van der Waals surface area contributed by atoms with E-state index in [9.17, 15) is 0 Å². The molecule has 0 saturated carbocycles. The number of nitrogens with one attached hydrogen (secondary N) is 1. The van der Waals surface area contributed by atoms with E-state index in [1.807, 2.05) is 25.1 Å². The molecule has 1 aromatic heterocycles. The van der Waals surface area contributed by atoms with Gasteiger partial charge >= 0.3 is 0 Å². The predicted octanol–water partition coefficient (Wildman–Crippen LogP) is 4.76. The fraction of sp³-hybridized carbons (Fsp3) is 0.133. The van der Waals surface area contributed by atoms with E-state index in [4.69, 9.17) is 27.9 Å². The average molecular weight is 307 g/mol. The van der Waals surface area contributed by atoms with Gasteiger partial charge in [-0.25, -0.2) is 4.98 Å². The van der Waals surface area contributed by atoms with Crippen LogP contribution >= 0.6 is 23.2 Å². The highest BCUT2D eigenvalue weighted by molar-refractivity contribution is 6.35. The molecule has 20 heavy (non-hydrogen) atoms. The molecule has 2 aromatic carbocycles. The number of fused-ring (bicyclic) bond motifs is 1. The maximum Gasteiger partial charge on any atom is 0.146 e. The number of para-hydroxylation sites is 1. The lowest BCUT2D eigenvalue weighted by Crippen LogP contribution is -1.97. The molecule has 0 bridgehead atoms. The highest BCUT2D eigenvalue weighted by Crippen LogP contribution is 2.28. The van der Waals surface area contributed by atoms with Crippen LogP contribution in [0, 0.1) is 6.92 Å². The molecule has 0 aliphatic carbocycles. The predicted molar refractivity (Wildman–Crippen MR) is 81.6 cm³/mol. The van der Waals surface area contributed by atoms with Gasteiger partial charge in [-0.05, 0) is 36.8 Å². The zero-order valence-corrected chi connectivity index (χ0v) is 12.3. The van der Waals surface area contributed by atoms with Gasteiger partial charge in [0.1, 0.15) is 18.2 Å². The normalized spacial score (nSPS) is 10.9. The number of nitrogens with zero attached hydrogens (tertiary/aromatic N) is 1. The second-order valence-electron chi connectivity index (χ2n) is 4.52. The van der Waals surface area contributed by atoms with Crippen LogP contribution in [0.5, 0.6) is 5.75 Å². The van der Waals surface area contributed by atoms with Crippen molar-refractivity contribution in [1.82, 2.24) is 9.97 Å². The lowest BCUT2D eigenvalue weighted by molar-refractivity contribution is 0.298. The van der Waals surface area contributed by atoms with Crippen molar-refractivity contribution in [3.63, 3.8) is 0 Å². The summed E-state index contributed by atoms with van der Waals surface area (Å²) < 4.78 is 5.66. The van der Waals surface area contributed by atoms with Gasteiger partial charge in [-0.3, -0.25) is 0 Å². The van der Waals surface area contributed by atoms with Gasteiger partial charge < -0.3 is 9.72 Å². The summed E-state index contributed by atoms with van der Waals surface area (Å²) in [6.45, 7) is 2.36. The molecule has 102 valence electrons. The number of hydrogen-bond donors (Lipinski definition) is 1. The van der Waals surface area contributed by atoms with Crippen LogP contribution in [-0.4, -0.2) is 9.97 Å². The van der Waals surface area contributed by atoms with Gasteiger partial charge in [-0.1, -0.05) is 35.3 Å². The summed E-state index contributed by atoms with van der Waals surface area (Å²) in [6, 6.07) is 11.2. The second kappa shape index (κ2) is 5.35. The van der Waals surface area contributed by atoms with Gasteiger partial charge in [0.05, 0.1) is 16.1 Å². The van der Waals surface area contributed by atoms with Crippen molar-refractivity contribution in [2.24, 2.45) is 0 Å². The molecule has 0 atom stereocenters. The topological polar surface area (TPSA) is 37.9 Å². The number of ether oxygens (including phenoxy) is 1. The lowest BCUT2D eigenvalue weighted by Gasteiger charge is -2.06. The number of benzene rings is 2. The van der Waals surface area contributed by atoms with Crippen LogP contribution in [0.25, 0.3) is 11.0 Å². The van der Waals surface area contributed by atoms with E-state index < -0.39 is 0 Å². The Labute approximate surface area is 126 Å². The first-order valence-corrected chi connectivity index (χ1v) is 6.91. The Balaban J connectivity index is 1.81. The first-order chi connectivity index (χ1) is 9.63. The molecule has 0 unspecified atom stereocenters. The molecule has 0 spiro atoms. The number of hydrogen-bond acceptors (Lipinski definition) is 2. The highest BCUT2D eigenvalue weighted by atomic mass is 35.5. The zero-order chi connectivity index (χ0) is 14.1. The number of imidazole rings is 1. The van der Waals surface area contributed by atoms with E-state index in [2.05, 4.69) is 9.97 Å². The maximum atomic E-state index is 6.06. The van der Waals surface area contributed by atoms with Crippen LogP contribution in [0.1, 0.15) is 11.4 Å².